The van der Waals surface area contributed by atoms with Gasteiger partial charge in [0.05, 0.1) is 4.92 Å². The molecule has 0 saturated heterocycles. The van der Waals surface area contributed by atoms with Gasteiger partial charge in [0, 0.05) is 18.7 Å². The summed E-state index contributed by atoms with van der Waals surface area (Å²) in [5.41, 5.74) is 0.827. The fourth-order valence-corrected chi connectivity index (χ4v) is 2.19. The maximum Gasteiger partial charge on any atom is 0.287 e. The average Bonchev–Trinajstić information content (AvgIpc) is 2.29. The zero-order valence-corrected chi connectivity index (χ0v) is 12.9. The van der Waals surface area contributed by atoms with E-state index >= 15 is 0 Å². The van der Waals surface area contributed by atoms with Gasteiger partial charge in [0.25, 0.3) is 5.69 Å². The van der Waals surface area contributed by atoms with Crippen molar-refractivity contribution in [2.45, 2.75) is 33.2 Å². The smallest absolute Gasteiger partial charge is 0.287 e. The summed E-state index contributed by atoms with van der Waals surface area (Å²) in [5.74, 6) is 1.30. The number of aromatic nitrogens is 1. The molecule has 0 radical (unpaired) electrons. The summed E-state index contributed by atoms with van der Waals surface area (Å²) in [6, 6.07) is 1.83. The van der Waals surface area contributed by atoms with E-state index in [4.69, 9.17) is 0 Å². The van der Waals surface area contributed by atoms with Crippen LogP contribution in [-0.2, 0) is 0 Å². The number of likely N-dealkylation sites (N-methyl/N-ethyl adjacent to an activating group) is 1. The topological polar surface area (TPSA) is 71.3 Å². The highest BCUT2D eigenvalue weighted by molar-refractivity contribution is 5.48. The zero-order chi connectivity index (χ0) is 15.3. The van der Waals surface area contributed by atoms with E-state index in [1.807, 2.05) is 21.0 Å². The van der Waals surface area contributed by atoms with Crippen LogP contribution in [-0.4, -0.2) is 41.5 Å². The molecule has 0 bridgehead atoms. The van der Waals surface area contributed by atoms with E-state index in [1.54, 1.807) is 6.07 Å². The van der Waals surface area contributed by atoms with Crippen LogP contribution in [0.3, 0.4) is 0 Å². The first-order valence-electron chi connectivity index (χ1n) is 6.82. The second-order valence-corrected chi connectivity index (χ2v) is 5.85. The number of anilines is 1. The number of aryl methyl sites for hydroxylation is 1. The van der Waals surface area contributed by atoms with E-state index in [2.05, 4.69) is 29.0 Å². The number of hydrogen-bond donors (Lipinski definition) is 1. The van der Waals surface area contributed by atoms with Gasteiger partial charge in [-0.2, -0.15) is 0 Å². The van der Waals surface area contributed by atoms with Crippen LogP contribution in [0.25, 0.3) is 0 Å². The van der Waals surface area contributed by atoms with Crippen molar-refractivity contribution in [2.24, 2.45) is 5.92 Å². The number of hydrogen-bond acceptors (Lipinski definition) is 5. The lowest BCUT2D eigenvalue weighted by Crippen LogP contribution is -2.34. The van der Waals surface area contributed by atoms with Gasteiger partial charge in [0.1, 0.15) is 12.0 Å². The molecule has 1 aromatic rings. The van der Waals surface area contributed by atoms with Crippen molar-refractivity contribution in [1.29, 1.82) is 0 Å². The van der Waals surface area contributed by atoms with Crippen molar-refractivity contribution >= 4 is 11.5 Å². The van der Waals surface area contributed by atoms with E-state index in [9.17, 15) is 10.1 Å². The molecule has 0 saturated carbocycles. The molecule has 1 aromatic heterocycles. The lowest BCUT2D eigenvalue weighted by molar-refractivity contribution is -0.385. The van der Waals surface area contributed by atoms with Crippen LogP contribution < -0.4 is 5.32 Å². The van der Waals surface area contributed by atoms with Crippen LogP contribution in [0.5, 0.6) is 0 Å². The summed E-state index contributed by atoms with van der Waals surface area (Å²) in [5, 5.41) is 14.1. The Hall–Kier alpha value is -1.69. The molecule has 0 spiro atoms. The number of nitrogens with zero attached hydrogens (tertiary/aromatic N) is 3. The monoisotopic (exact) mass is 280 g/mol. The summed E-state index contributed by atoms with van der Waals surface area (Å²) in [7, 11) is 4.07. The third-order valence-corrected chi connectivity index (χ3v) is 2.96. The van der Waals surface area contributed by atoms with Crippen molar-refractivity contribution in [3.05, 3.63) is 27.9 Å². The van der Waals surface area contributed by atoms with Gasteiger partial charge in [-0.1, -0.05) is 13.8 Å². The Balaban J connectivity index is 2.84. The van der Waals surface area contributed by atoms with Gasteiger partial charge in [-0.15, -0.1) is 0 Å². The quantitative estimate of drug-likeness (QED) is 0.614. The van der Waals surface area contributed by atoms with Gasteiger partial charge < -0.3 is 10.2 Å². The van der Waals surface area contributed by atoms with E-state index in [0.717, 1.165) is 24.3 Å². The standard InChI is InChI=1S/C14H24N4O2/c1-10(2)6-12(9-17(4)5)16-14-11(3)7-13(8-15-14)18(19)20/h7-8,10,12H,6,9H2,1-5H3,(H,15,16). The second kappa shape index (κ2) is 7.19. The van der Waals surface area contributed by atoms with Crippen LogP contribution in [0.1, 0.15) is 25.8 Å². The fraction of sp³-hybridized carbons (Fsp3) is 0.643. The van der Waals surface area contributed by atoms with Crippen molar-refractivity contribution in [1.82, 2.24) is 9.88 Å². The first-order valence-corrected chi connectivity index (χ1v) is 6.82. The molecule has 6 nitrogen and oxygen atoms in total. The Morgan fingerprint density at radius 2 is 2.10 bits per heavy atom. The average molecular weight is 280 g/mol. The number of rotatable bonds is 7. The third kappa shape index (κ3) is 5.13. The zero-order valence-electron chi connectivity index (χ0n) is 12.9. The molecule has 0 aliphatic carbocycles. The largest absolute Gasteiger partial charge is 0.366 e. The molecule has 0 aliphatic rings. The molecule has 1 heterocycles. The minimum absolute atomic E-state index is 0.0288. The van der Waals surface area contributed by atoms with Gasteiger partial charge in [0.15, 0.2) is 0 Å². The maximum atomic E-state index is 10.7. The fourth-order valence-electron chi connectivity index (χ4n) is 2.19. The van der Waals surface area contributed by atoms with E-state index in [1.165, 1.54) is 6.20 Å². The third-order valence-electron chi connectivity index (χ3n) is 2.96. The minimum atomic E-state index is -0.421. The number of pyridine rings is 1. The molecule has 0 fully saturated rings. The van der Waals surface area contributed by atoms with Crippen molar-refractivity contribution < 1.29 is 4.92 Å². The van der Waals surface area contributed by atoms with E-state index in [-0.39, 0.29) is 11.7 Å². The maximum absolute atomic E-state index is 10.7. The van der Waals surface area contributed by atoms with Crippen LogP contribution in [0, 0.1) is 23.0 Å². The predicted octanol–water partition coefficient (Wildman–Crippen LogP) is 2.69. The molecule has 1 rings (SSSR count). The molecule has 112 valence electrons. The molecular weight excluding hydrogens is 256 g/mol. The van der Waals surface area contributed by atoms with Gasteiger partial charge in [-0.25, -0.2) is 4.98 Å². The molecule has 1 atom stereocenters. The Morgan fingerprint density at radius 3 is 2.55 bits per heavy atom. The molecule has 0 amide bonds. The van der Waals surface area contributed by atoms with E-state index < -0.39 is 4.92 Å². The summed E-state index contributed by atoms with van der Waals surface area (Å²) in [6.07, 6.45) is 2.33. The Kier molecular flexibility index (Phi) is 5.88. The van der Waals surface area contributed by atoms with Crippen molar-refractivity contribution in [3.63, 3.8) is 0 Å². The molecule has 6 heteroatoms. The highest BCUT2D eigenvalue weighted by Crippen LogP contribution is 2.20. The Bertz CT molecular complexity index is 450. The molecule has 1 unspecified atom stereocenters. The first kappa shape index (κ1) is 16.4. The van der Waals surface area contributed by atoms with Gasteiger partial charge in [-0.05, 0) is 38.9 Å². The summed E-state index contributed by atoms with van der Waals surface area (Å²) in [4.78, 5) is 16.6. The van der Waals surface area contributed by atoms with Crippen LogP contribution in [0.2, 0.25) is 0 Å². The molecular formula is C14H24N4O2. The molecule has 0 aliphatic heterocycles. The molecule has 0 aromatic carbocycles. The van der Waals surface area contributed by atoms with Crippen molar-refractivity contribution in [3.8, 4) is 0 Å². The SMILES string of the molecule is Cc1cc([N+](=O)[O-])cnc1NC(CC(C)C)CN(C)C. The van der Waals surface area contributed by atoms with Crippen LogP contribution >= 0.6 is 0 Å². The molecule has 1 N–H and O–H groups in total. The normalized spacial score (nSPS) is 12.8. The lowest BCUT2D eigenvalue weighted by atomic mass is 10.0. The number of nitrogens with one attached hydrogen (secondary N) is 1. The Morgan fingerprint density at radius 1 is 1.45 bits per heavy atom. The lowest BCUT2D eigenvalue weighted by Gasteiger charge is -2.25. The number of nitro groups is 1. The van der Waals surface area contributed by atoms with Crippen molar-refractivity contribution in [2.75, 3.05) is 26.0 Å². The van der Waals surface area contributed by atoms with E-state index in [0.29, 0.717) is 5.92 Å². The van der Waals surface area contributed by atoms with Gasteiger partial charge >= 0.3 is 0 Å². The van der Waals surface area contributed by atoms with Crippen LogP contribution in [0.15, 0.2) is 12.3 Å². The second-order valence-electron chi connectivity index (χ2n) is 5.85. The summed E-state index contributed by atoms with van der Waals surface area (Å²) in [6.45, 7) is 7.10. The van der Waals surface area contributed by atoms with Gasteiger partial charge in [-0.3, -0.25) is 10.1 Å². The minimum Gasteiger partial charge on any atom is -0.366 e. The van der Waals surface area contributed by atoms with Crippen LogP contribution in [0.4, 0.5) is 11.5 Å². The Labute approximate surface area is 120 Å². The predicted molar refractivity (Wildman–Crippen MR) is 81.0 cm³/mol. The summed E-state index contributed by atoms with van der Waals surface area (Å²) >= 11 is 0. The highest BCUT2D eigenvalue weighted by atomic mass is 16.6. The first-order chi connectivity index (χ1) is 9.29. The van der Waals surface area contributed by atoms with Gasteiger partial charge in [0.2, 0.25) is 0 Å². The molecule has 20 heavy (non-hydrogen) atoms. The summed E-state index contributed by atoms with van der Waals surface area (Å²) < 4.78 is 0. The highest BCUT2D eigenvalue weighted by Gasteiger charge is 2.15.